The fraction of sp³-hybridized carbons (Fsp3) is 0.818. The van der Waals surface area contributed by atoms with E-state index in [9.17, 15) is 30.0 Å². The summed E-state index contributed by atoms with van der Waals surface area (Å²) in [6.45, 7) is -0.833. The van der Waals surface area contributed by atoms with E-state index in [1.165, 1.54) is 0 Å². The van der Waals surface area contributed by atoms with Gasteiger partial charge < -0.3 is 40.7 Å². The zero-order valence-electron chi connectivity index (χ0n) is 11.2. The lowest BCUT2D eigenvalue weighted by molar-refractivity contribution is -0.304. The zero-order valence-corrected chi connectivity index (χ0v) is 11.2. The Kier molecular flexibility index (Phi) is 5.75. The number of hydrogen-bond acceptors (Lipinski definition) is 9. The molecular formula is C11H19NO9. The van der Waals surface area contributed by atoms with E-state index >= 15 is 0 Å². The number of ketones is 1. The molecule has 1 aliphatic rings. The molecule has 6 atom stereocenters. The van der Waals surface area contributed by atoms with E-state index in [4.69, 9.17) is 14.9 Å². The third-order valence-electron chi connectivity index (χ3n) is 3.19. The average Bonchev–Trinajstić information content (AvgIpc) is 2.45. The Labute approximate surface area is 119 Å². The molecule has 1 saturated heterocycles. The Morgan fingerprint density at radius 1 is 1.29 bits per heavy atom. The monoisotopic (exact) mass is 309 g/mol. The molecule has 122 valence electrons. The lowest BCUT2D eigenvalue weighted by Crippen LogP contribution is -2.74. The summed E-state index contributed by atoms with van der Waals surface area (Å²) in [7, 11) is 0. The van der Waals surface area contributed by atoms with Crippen LogP contribution in [0.15, 0.2) is 0 Å². The number of carbonyl (C=O) groups is 2. The van der Waals surface area contributed by atoms with Crippen LogP contribution in [-0.2, 0) is 14.3 Å². The predicted octanol–water partition coefficient (Wildman–Crippen LogP) is -4.79. The summed E-state index contributed by atoms with van der Waals surface area (Å²) in [6, 6.07) is -1.79. The van der Waals surface area contributed by atoms with Gasteiger partial charge in [0.2, 0.25) is 11.7 Å². The number of amides is 1. The van der Waals surface area contributed by atoms with E-state index in [0.717, 1.165) is 6.92 Å². The smallest absolute Gasteiger partial charge is 0.253 e. The van der Waals surface area contributed by atoms with Crippen molar-refractivity contribution in [2.24, 2.45) is 0 Å². The molecule has 0 aromatic heterocycles. The van der Waals surface area contributed by atoms with Crippen molar-refractivity contribution in [3.63, 3.8) is 0 Å². The van der Waals surface area contributed by atoms with E-state index in [2.05, 4.69) is 0 Å². The first-order chi connectivity index (χ1) is 9.68. The molecule has 0 spiro atoms. The third kappa shape index (κ3) is 3.37. The highest BCUT2D eigenvalue weighted by molar-refractivity contribution is 5.91. The van der Waals surface area contributed by atoms with Crippen LogP contribution in [0.1, 0.15) is 6.92 Å². The van der Waals surface area contributed by atoms with Crippen LogP contribution in [0.2, 0.25) is 0 Å². The molecule has 0 aromatic rings. The standard InChI is InChI=1S/C11H19NO9/c1-4(15)12-9-8(18)7(17)6(3-14)21-11(9,20)10(19)5(16)2-13/h5-9,13-14,16-18,20H,2-3H2,1H3,(H,12,15)/t5?,6-,7-,8+,9-,11?/m1/s1. The molecule has 1 fully saturated rings. The molecule has 0 aliphatic carbocycles. The van der Waals surface area contributed by atoms with Crippen molar-refractivity contribution < 1.29 is 45.0 Å². The van der Waals surface area contributed by atoms with Crippen LogP contribution < -0.4 is 5.32 Å². The van der Waals surface area contributed by atoms with Crippen LogP contribution in [0.25, 0.3) is 0 Å². The van der Waals surface area contributed by atoms with Gasteiger partial charge >= 0.3 is 0 Å². The molecule has 1 heterocycles. The van der Waals surface area contributed by atoms with Crippen molar-refractivity contribution in [2.45, 2.75) is 43.2 Å². The van der Waals surface area contributed by atoms with Crippen LogP contribution >= 0.6 is 0 Å². The molecule has 0 saturated carbocycles. The SMILES string of the molecule is CC(=O)N[C@@H]1[C@@H](O)[C@H](O)[C@@H](CO)OC1(O)C(=O)C(O)CO. The second-order valence-electron chi connectivity index (χ2n) is 4.76. The van der Waals surface area contributed by atoms with Crippen molar-refractivity contribution in [3.8, 4) is 0 Å². The fourth-order valence-corrected chi connectivity index (χ4v) is 2.10. The maximum absolute atomic E-state index is 11.9. The number of nitrogens with one attached hydrogen (secondary N) is 1. The maximum Gasteiger partial charge on any atom is 0.253 e. The molecule has 0 aromatic carbocycles. The first kappa shape index (κ1) is 17.9. The highest BCUT2D eigenvalue weighted by Gasteiger charge is 2.58. The Bertz CT molecular complexity index is 403. The normalized spacial score (nSPS) is 37.9. The lowest BCUT2D eigenvalue weighted by atomic mass is 9.86. The molecule has 21 heavy (non-hydrogen) atoms. The molecule has 0 radical (unpaired) electrons. The molecule has 1 amide bonds. The number of ether oxygens (including phenoxy) is 1. The van der Waals surface area contributed by atoms with Gasteiger partial charge in [0, 0.05) is 6.92 Å². The first-order valence-electron chi connectivity index (χ1n) is 6.16. The summed E-state index contributed by atoms with van der Waals surface area (Å²) >= 11 is 0. The zero-order chi connectivity index (χ0) is 16.4. The Balaban J connectivity index is 3.19. The minimum atomic E-state index is -2.92. The second-order valence-corrected chi connectivity index (χ2v) is 4.76. The van der Waals surface area contributed by atoms with Crippen molar-refractivity contribution in [3.05, 3.63) is 0 Å². The molecule has 10 heteroatoms. The van der Waals surface area contributed by atoms with Crippen molar-refractivity contribution in [1.82, 2.24) is 5.32 Å². The minimum Gasteiger partial charge on any atom is -0.394 e. The van der Waals surface area contributed by atoms with Crippen LogP contribution in [-0.4, -0.2) is 91.8 Å². The summed E-state index contributed by atoms with van der Waals surface area (Å²) in [5.41, 5.74) is 0. The van der Waals surface area contributed by atoms with Gasteiger partial charge in [-0.25, -0.2) is 0 Å². The van der Waals surface area contributed by atoms with Crippen LogP contribution in [0.5, 0.6) is 0 Å². The van der Waals surface area contributed by atoms with Gasteiger partial charge in [0.05, 0.1) is 13.2 Å². The number of rotatable bonds is 5. The number of aliphatic hydroxyl groups excluding tert-OH is 5. The van der Waals surface area contributed by atoms with Gasteiger partial charge in [-0.3, -0.25) is 9.59 Å². The highest BCUT2D eigenvalue weighted by Crippen LogP contribution is 2.30. The summed E-state index contributed by atoms with van der Waals surface area (Å²) in [5, 5.41) is 59.1. The van der Waals surface area contributed by atoms with E-state index in [-0.39, 0.29) is 0 Å². The van der Waals surface area contributed by atoms with Gasteiger partial charge in [-0.2, -0.15) is 0 Å². The Morgan fingerprint density at radius 2 is 1.86 bits per heavy atom. The van der Waals surface area contributed by atoms with Crippen LogP contribution in [0.3, 0.4) is 0 Å². The maximum atomic E-state index is 11.9. The van der Waals surface area contributed by atoms with E-state index in [0.29, 0.717) is 0 Å². The fourth-order valence-electron chi connectivity index (χ4n) is 2.10. The molecular weight excluding hydrogens is 290 g/mol. The second kappa shape index (κ2) is 6.75. The number of aliphatic hydroxyl groups is 6. The number of carbonyl (C=O) groups excluding carboxylic acids is 2. The van der Waals surface area contributed by atoms with E-state index < -0.39 is 61.1 Å². The molecule has 2 unspecified atom stereocenters. The van der Waals surface area contributed by atoms with Crippen molar-refractivity contribution >= 4 is 11.7 Å². The molecule has 0 bridgehead atoms. The molecule has 1 rings (SSSR count). The summed E-state index contributed by atoms with van der Waals surface area (Å²) in [6.07, 6.45) is -7.09. The minimum absolute atomic E-state index is 0.748. The largest absolute Gasteiger partial charge is 0.394 e. The highest BCUT2D eigenvalue weighted by atomic mass is 16.7. The van der Waals surface area contributed by atoms with Gasteiger partial charge in [0.25, 0.3) is 5.79 Å². The van der Waals surface area contributed by atoms with E-state index in [1.54, 1.807) is 0 Å². The van der Waals surface area contributed by atoms with Gasteiger partial charge in [-0.05, 0) is 0 Å². The van der Waals surface area contributed by atoms with E-state index in [1.807, 2.05) is 5.32 Å². The van der Waals surface area contributed by atoms with Crippen molar-refractivity contribution in [1.29, 1.82) is 0 Å². The van der Waals surface area contributed by atoms with Gasteiger partial charge in [0.1, 0.15) is 30.5 Å². The average molecular weight is 309 g/mol. The number of hydrogen-bond donors (Lipinski definition) is 7. The Morgan fingerprint density at radius 3 is 2.29 bits per heavy atom. The number of Topliss-reactive ketones (excluding diaryl/α,β-unsaturated/α-hetero) is 1. The van der Waals surface area contributed by atoms with Gasteiger partial charge in [-0.15, -0.1) is 0 Å². The quantitative estimate of drug-likeness (QED) is 0.262. The van der Waals surface area contributed by atoms with Crippen molar-refractivity contribution in [2.75, 3.05) is 13.2 Å². The summed E-state index contributed by atoms with van der Waals surface area (Å²) in [5.74, 6) is -5.09. The molecule has 7 N–H and O–H groups in total. The third-order valence-corrected chi connectivity index (χ3v) is 3.19. The van der Waals surface area contributed by atoms with Crippen LogP contribution in [0, 0.1) is 0 Å². The lowest BCUT2D eigenvalue weighted by Gasteiger charge is -2.47. The Hall–Kier alpha value is -1.14. The van der Waals surface area contributed by atoms with Gasteiger partial charge in [0.15, 0.2) is 0 Å². The van der Waals surface area contributed by atoms with Crippen LogP contribution in [0.4, 0.5) is 0 Å². The first-order valence-corrected chi connectivity index (χ1v) is 6.16. The predicted molar refractivity (Wildman–Crippen MR) is 64.6 cm³/mol. The summed E-state index contributed by atoms with van der Waals surface area (Å²) < 4.78 is 4.86. The summed E-state index contributed by atoms with van der Waals surface area (Å²) in [4.78, 5) is 23.1. The molecule has 1 aliphatic heterocycles. The van der Waals surface area contributed by atoms with Gasteiger partial charge in [-0.1, -0.05) is 0 Å². The molecule has 10 nitrogen and oxygen atoms in total. The topological polar surface area (TPSA) is 177 Å².